The maximum atomic E-state index is 13.7. The number of isocyanates is 1. The molecule has 0 N–H and O–H groups in total. The first-order valence-electron chi connectivity index (χ1n) is 6.95. The van der Waals surface area contributed by atoms with Crippen LogP contribution in [0.15, 0.2) is 23.2 Å². The molecule has 0 aliphatic carbocycles. The normalized spacial score (nSPS) is 15.4. The number of piperidine rings is 1. The Kier molecular flexibility index (Phi) is 5.06. The zero-order valence-corrected chi connectivity index (χ0v) is 11.8. The quantitative estimate of drug-likeness (QED) is 0.486. The summed E-state index contributed by atoms with van der Waals surface area (Å²) in [5, 5.41) is 0. The minimum Gasteiger partial charge on any atom is -0.466 e. The van der Waals surface area contributed by atoms with Gasteiger partial charge in [-0.05, 0) is 31.9 Å². The average molecular weight is 292 g/mol. The van der Waals surface area contributed by atoms with E-state index in [1.54, 1.807) is 19.1 Å². The predicted octanol–water partition coefficient (Wildman–Crippen LogP) is 2.57. The number of ether oxygens (including phenoxy) is 1. The topological polar surface area (TPSA) is 59.0 Å². The van der Waals surface area contributed by atoms with Crippen LogP contribution in [0.25, 0.3) is 0 Å². The van der Waals surface area contributed by atoms with Crippen LogP contribution < -0.4 is 4.90 Å². The van der Waals surface area contributed by atoms with Crippen molar-refractivity contribution in [3.63, 3.8) is 0 Å². The summed E-state index contributed by atoms with van der Waals surface area (Å²) >= 11 is 0. The Labute approximate surface area is 122 Å². The van der Waals surface area contributed by atoms with Crippen molar-refractivity contribution in [3.8, 4) is 0 Å². The van der Waals surface area contributed by atoms with Crippen molar-refractivity contribution >= 4 is 23.4 Å². The summed E-state index contributed by atoms with van der Waals surface area (Å²) in [5.41, 5.74) is 0.558. The molecule has 0 aromatic heterocycles. The van der Waals surface area contributed by atoms with E-state index in [-0.39, 0.29) is 17.6 Å². The minimum atomic E-state index is -0.552. The summed E-state index contributed by atoms with van der Waals surface area (Å²) in [6.45, 7) is 3.34. The maximum Gasteiger partial charge on any atom is 0.309 e. The largest absolute Gasteiger partial charge is 0.466 e. The van der Waals surface area contributed by atoms with Gasteiger partial charge in [-0.1, -0.05) is 6.07 Å². The molecule has 0 spiro atoms. The Balaban J connectivity index is 2.11. The second kappa shape index (κ2) is 6.99. The summed E-state index contributed by atoms with van der Waals surface area (Å²) in [5.74, 6) is -0.848. The highest BCUT2D eigenvalue weighted by atomic mass is 19.1. The first-order chi connectivity index (χ1) is 10.2. The molecule has 1 aliphatic heterocycles. The van der Waals surface area contributed by atoms with Gasteiger partial charge in [-0.3, -0.25) is 4.79 Å². The van der Waals surface area contributed by atoms with Gasteiger partial charge in [-0.25, -0.2) is 9.18 Å². The molecule has 1 saturated heterocycles. The number of carbonyl (C=O) groups is 1. The van der Waals surface area contributed by atoms with E-state index >= 15 is 0 Å². The molecule has 1 aliphatic rings. The van der Waals surface area contributed by atoms with Crippen LogP contribution >= 0.6 is 0 Å². The lowest BCUT2D eigenvalue weighted by atomic mass is 9.96. The Hall–Kier alpha value is -2.20. The van der Waals surface area contributed by atoms with Gasteiger partial charge in [0.1, 0.15) is 5.69 Å². The zero-order chi connectivity index (χ0) is 15.2. The number of hydrogen-bond acceptors (Lipinski definition) is 5. The minimum absolute atomic E-state index is 0.00193. The maximum absolute atomic E-state index is 13.7. The van der Waals surface area contributed by atoms with Gasteiger partial charge in [-0.15, -0.1) is 0 Å². The highest BCUT2D eigenvalue weighted by Crippen LogP contribution is 2.33. The number of benzene rings is 1. The van der Waals surface area contributed by atoms with E-state index in [4.69, 9.17) is 4.74 Å². The summed E-state index contributed by atoms with van der Waals surface area (Å²) in [6.07, 6.45) is 2.66. The molecule has 6 heteroatoms. The summed E-state index contributed by atoms with van der Waals surface area (Å²) in [6, 6.07) is 4.54. The van der Waals surface area contributed by atoms with Gasteiger partial charge < -0.3 is 9.64 Å². The molecule has 0 unspecified atom stereocenters. The second-order valence-corrected chi connectivity index (χ2v) is 4.82. The number of rotatable bonds is 4. The lowest BCUT2D eigenvalue weighted by molar-refractivity contribution is -0.148. The van der Waals surface area contributed by atoms with Crippen LogP contribution in [0.5, 0.6) is 0 Å². The van der Waals surface area contributed by atoms with Crippen LogP contribution in [0.4, 0.5) is 15.8 Å². The number of aliphatic imine (C=N–C) groups is 1. The van der Waals surface area contributed by atoms with E-state index < -0.39 is 5.82 Å². The SMILES string of the molecule is CCOC(=O)C1CCN(c2cccc(F)c2N=C=O)CC1. The van der Waals surface area contributed by atoms with Gasteiger partial charge >= 0.3 is 5.97 Å². The van der Waals surface area contributed by atoms with Crippen LogP contribution in [0.3, 0.4) is 0 Å². The van der Waals surface area contributed by atoms with E-state index in [0.29, 0.717) is 38.2 Å². The molecule has 1 fully saturated rings. The van der Waals surface area contributed by atoms with Crippen molar-refractivity contribution in [3.05, 3.63) is 24.0 Å². The van der Waals surface area contributed by atoms with Gasteiger partial charge in [0, 0.05) is 13.1 Å². The van der Waals surface area contributed by atoms with Crippen LogP contribution in [-0.2, 0) is 14.3 Å². The van der Waals surface area contributed by atoms with Crippen LogP contribution in [0, 0.1) is 11.7 Å². The Morgan fingerprint density at radius 2 is 2.19 bits per heavy atom. The van der Waals surface area contributed by atoms with Crippen molar-refractivity contribution in [2.45, 2.75) is 19.8 Å². The molecule has 21 heavy (non-hydrogen) atoms. The third-order valence-corrected chi connectivity index (χ3v) is 3.58. The van der Waals surface area contributed by atoms with Crippen molar-refractivity contribution in [1.29, 1.82) is 0 Å². The molecule has 2 rings (SSSR count). The monoisotopic (exact) mass is 292 g/mol. The van der Waals surface area contributed by atoms with E-state index in [1.807, 2.05) is 4.90 Å². The molecular formula is C15H17FN2O3. The highest BCUT2D eigenvalue weighted by Gasteiger charge is 2.27. The Morgan fingerprint density at radius 3 is 2.81 bits per heavy atom. The summed E-state index contributed by atoms with van der Waals surface area (Å²) < 4.78 is 18.7. The summed E-state index contributed by atoms with van der Waals surface area (Å²) in [7, 11) is 0. The number of para-hydroxylation sites is 1. The molecule has 0 amide bonds. The predicted molar refractivity (Wildman–Crippen MR) is 75.8 cm³/mol. The third kappa shape index (κ3) is 3.47. The standard InChI is InChI=1S/C15H17FN2O3/c1-2-21-15(20)11-6-8-18(9-7-11)13-5-3-4-12(16)14(13)17-10-19/h3-5,11H,2,6-9H2,1H3. The fourth-order valence-electron chi connectivity index (χ4n) is 2.53. The zero-order valence-electron chi connectivity index (χ0n) is 11.8. The number of anilines is 1. The molecule has 1 aromatic rings. The van der Waals surface area contributed by atoms with Crippen molar-refractivity contribution in [1.82, 2.24) is 0 Å². The number of esters is 1. The molecule has 5 nitrogen and oxygen atoms in total. The Morgan fingerprint density at radius 1 is 1.48 bits per heavy atom. The fraction of sp³-hybridized carbons (Fsp3) is 0.467. The molecule has 0 atom stereocenters. The molecule has 112 valence electrons. The second-order valence-electron chi connectivity index (χ2n) is 4.82. The number of halogens is 1. The fourth-order valence-corrected chi connectivity index (χ4v) is 2.53. The molecule has 0 bridgehead atoms. The van der Waals surface area contributed by atoms with Gasteiger partial charge in [0.2, 0.25) is 6.08 Å². The number of carbonyl (C=O) groups excluding carboxylic acids is 2. The van der Waals surface area contributed by atoms with Crippen LogP contribution in [-0.4, -0.2) is 31.7 Å². The average Bonchev–Trinajstić information content (AvgIpc) is 2.50. The third-order valence-electron chi connectivity index (χ3n) is 3.58. The van der Waals surface area contributed by atoms with Crippen molar-refractivity contribution in [2.75, 3.05) is 24.6 Å². The molecular weight excluding hydrogens is 275 g/mol. The first-order valence-corrected chi connectivity index (χ1v) is 6.95. The van der Waals surface area contributed by atoms with Gasteiger partial charge in [0.05, 0.1) is 18.2 Å². The summed E-state index contributed by atoms with van der Waals surface area (Å²) in [4.78, 5) is 27.5. The molecule has 0 radical (unpaired) electrons. The Bertz CT molecular complexity index is 562. The lowest BCUT2D eigenvalue weighted by Crippen LogP contribution is -2.37. The molecule has 1 aromatic carbocycles. The van der Waals surface area contributed by atoms with E-state index in [2.05, 4.69) is 4.99 Å². The first kappa shape index (κ1) is 15.2. The van der Waals surface area contributed by atoms with Gasteiger partial charge in [0.25, 0.3) is 0 Å². The lowest BCUT2D eigenvalue weighted by Gasteiger charge is -2.33. The molecule has 1 heterocycles. The van der Waals surface area contributed by atoms with Crippen LogP contribution in [0.1, 0.15) is 19.8 Å². The highest BCUT2D eigenvalue weighted by molar-refractivity contribution is 5.74. The van der Waals surface area contributed by atoms with E-state index in [0.717, 1.165) is 0 Å². The number of hydrogen-bond donors (Lipinski definition) is 0. The van der Waals surface area contributed by atoms with E-state index in [1.165, 1.54) is 12.1 Å². The van der Waals surface area contributed by atoms with Crippen LogP contribution in [0.2, 0.25) is 0 Å². The van der Waals surface area contributed by atoms with Crippen molar-refractivity contribution < 1.29 is 18.7 Å². The van der Waals surface area contributed by atoms with E-state index in [9.17, 15) is 14.0 Å². The smallest absolute Gasteiger partial charge is 0.309 e. The number of nitrogens with zero attached hydrogens (tertiary/aromatic N) is 2. The molecule has 0 saturated carbocycles. The van der Waals surface area contributed by atoms with Gasteiger partial charge in [-0.2, -0.15) is 4.99 Å². The van der Waals surface area contributed by atoms with Gasteiger partial charge in [0.15, 0.2) is 5.82 Å². The van der Waals surface area contributed by atoms with Crippen molar-refractivity contribution in [2.24, 2.45) is 10.9 Å².